The van der Waals surface area contributed by atoms with Gasteiger partial charge in [0.05, 0.1) is 6.10 Å². The first-order chi connectivity index (χ1) is 10.1. The molecule has 1 heterocycles. The summed E-state index contributed by atoms with van der Waals surface area (Å²) >= 11 is 1.64. The first-order valence-electron chi connectivity index (χ1n) is 6.96. The Labute approximate surface area is 129 Å². The van der Waals surface area contributed by atoms with E-state index >= 15 is 0 Å². The summed E-state index contributed by atoms with van der Waals surface area (Å²) < 4.78 is 7.30. The fourth-order valence-corrected chi connectivity index (χ4v) is 2.50. The normalized spacial score (nSPS) is 11.0. The van der Waals surface area contributed by atoms with E-state index in [9.17, 15) is 0 Å². The highest BCUT2D eigenvalue weighted by molar-refractivity contribution is 7.99. The van der Waals surface area contributed by atoms with E-state index in [1.165, 1.54) is 5.56 Å². The van der Waals surface area contributed by atoms with Crippen molar-refractivity contribution >= 4 is 11.8 Å². The van der Waals surface area contributed by atoms with Crippen LogP contribution in [0, 0.1) is 0 Å². The molecule has 114 valence electrons. The molecule has 1 aromatic carbocycles. The highest BCUT2D eigenvalue weighted by Gasteiger charge is 2.02. The maximum atomic E-state index is 5.62. The molecule has 0 radical (unpaired) electrons. The predicted octanol–water partition coefficient (Wildman–Crippen LogP) is 1.88. The molecule has 0 saturated heterocycles. The van der Waals surface area contributed by atoms with E-state index in [4.69, 9.17) is 4.74 Å². The van der Waals surface area contributed by atoms with Crippen molar-refractivity contribution in [3.63, 3.8) is 0 Å². The lowest BCUT2D eigenvalue weighted by Crippen LogP contribution is -2.16. The number of ether oxygens (including phenoxy) is 1. The summed E-state index contributed by atoms with van der Waals surface area (Å²) in [5, 5.41) is 15.6. The van der Waals surface area contributed by atoms with Gasteiger partial charge in [-0.2, -0.15) is 0 Å². The number of aryl methyl sites for hydroxylation is 1. The second-order valence-electron chi connectivity index (χ2n) is 4.92. The van der Waals surface area contributed by atoms with Crippen molar-refractivity contribution in [2.75, 3.05) is 12.3 Å². The summed E-state index contributed by atoms with van der Waals surface area (Å²) in [4.78, 5) is 0. The Bertz CT molecular complexity index is 541. The van der Waals surface area contributed by atoms with E-state index in [1.807, 2.05) is 33.0 Å². The van der Waals surface area contributed by atoms with Gasteiger partial charge in [0.15, 0.2) is 0 Å². The SMILES string of the molecule is CC(C)Oc1ccc(CNCCSc2nnnn2C)cc1. The molecular formula is C14H21N5OS. The molecule has 1 N–H and O–H groups in total. The van der Waals surface area contributed by atoms with Gasteiger partial charge in [0.25, 0.3) is 0 Å². The van der Waals surface area contributed by atoms with Crippen molar-refractivity contribution in [3.8, 4) is 5.75 Å². The van der Waals surface area contributed by atoms with Crippen LogP contribution in [0.25, 0.3) is 0 Å². The number of hydrogen-bond acceptors (Lipinski definition) is 6. The first-order valence-corrected chi connectivity index (χ1v) is 7.95. The molecule has 0 atom stereocenters. The van der Waals surface area contributed by atoms with Gasteiger partial charge in [-0.3, -0.25) is 0 Å². The van der Waals surface area contributed by atoms with Gasteiger partial charge in [0, 0.05) is 25.9 Å². The minimum atomic E-state index is 0.209. The molecule has 0 fully saturated rings. The highest BCUT2D eigenvalue weighted by atomic mass is 32.2. The van der Waals surface area contributed by atoms with Crippen molar-refractivity contribution in [2.45, 2.75) is 31.7 Å². The lowest BCUT2D eigenvalue weighted by Gasteiger charge is -2.10. The summed E-state index contributed by atoms with van der Waals surface area (Å²) in [6.45, 7) is 5.81. The van der Waals surface area contributed by atoms with Crippen LogP contribution in [0.5, 0.6) is 5.75 Å². The van der Waals surface area contributed by atoms with Gasteiger partial charge >= 0.3 is 0 Å². The van der Waals surface area contributed by atoms with E-state index in [0.717, 1.165) is 29.7 Å². The van der Waals surface area contributed by atoms with E-state index in [-0.39, 0.29) is 6.10 Å². The molecule has 2 aromatic rings. The van der Waals surface area contributed by atoms with Gasteiger partial charge in [0.2, 0.25) is 5.16 Å². The Balaban J connectivity index is 1.65. The molecule has 1 aromatic heterocycles. The zero-order valence-electron chi connectivity index (χ0n) is 12.6. The van der Waals surface area contributed by atoms with Gasteiger partial charge in [-0.15, -0.1) is 5.10 Å². The Kier molecular flexibility index (Phi) is 6.01. The fourth-order valence-electron chi connectivity index (χ4n) is 1.75. The molecule has 0 bridgehead atoms. The topological polar surface area (TPSA) is 64.9 Å². The largest absolute Gasteiger partial charge is 0.491 e. The molecule has 6 nitrogen and oxygen atoms in total. The average Bonchev–Trinajstić information content (AvgIpc) is 2.85. The van der Waals surface area contributed by atoms with Crippen molar-refractivity contribution in [1.29, 1.82) is 0 Å². The van der Waals surface area contributed by atoms with Gasteiger partial charge in [0.1, 0.15) is 5.75 Å². The third-order valence-electron chi connectivity index (χ3n) is 2.72. The first kappa shape index (κ1) is 15.8. The average molecular weight is 307 g/mol. The van der Waals surface area contributed by atoms with Gasteiger partial charge in [-0.05, 0) is 42.0 Å². The van der Waals surface area contributed by atoms with Crippen molar-refractivity contribution in [1.82, 2.24) is 25.5 Å². The second kappa shape index (κ2) is 7.99. The van der Waals surface area contributed by atoms with E-state index in [0.29, 0.717) is 0 Å². The van der Waals surface area contributed by atoms with Crippen molar-refractivity contribution < 1.29 is 4.74 Å². The second-order valence-corrected chi connectivity index (χ2v) is 5.98. The van der Waals surface area contributed by atoms with Crippen molar-refractivity contribution in [2.24, 2.45) is 7.05 Å². The van der Waals surface area contributed by atoms with Crippen LogP contribution < -0.4 is 10.1 Å². The summed E-state index contributed by atoms with van der Waals surface area (Å²) in [6, 6.07) is 8.20. The Hall–Kier alpha value is -1.60. The number of nitrogens with one attached hydrogen (secondary N) is 1. The van der Waals surface area contributed by atoms with Crippen LogP contribution in [0.4, 0.5) is 0 Å². The molecule has 21 heavy (non-hydrogen) atoms. The minimum absolute atomic E-state index is 0.209. The summed E-state index contributed by atoms with van der Waals surface area (Å²) in [6.07, 6.45) is 0.209. The number of thioether (sulfide) groups is 1. The quantitative estimate of drug-likeness (QED) is 0.593. The van der Waals surface area contributed by atoms with Crippen LogP contribution in [0.3, 0.4) is 0 Å². The molecule has 2 rings (SSSR count). The lowest BCUT2D eigenvalue weighted by molar-refractivity contribution is 0.242. The molecule has 0 aliphatic rings. The Morgan fingerprint density at radius 2 is 2.05 bits per heavy atom. The van der Waals surface area contributed by atoms with Crippen LogP contribution >= 0.6 is 11.8 Å². The smallest absolute Gasteiger partial charge is 0.209 e. The maximum absolute atomic E-state index is 5.62. The number of aromatic nitrogens is 4. The Morgan fingerprint density at radius 3 is 2.67 bits per heavy atom. The number of tetrazole rings is 1. The standard InChI is InChI=1S/C14H21N5OS/c1-11(2)20-13-6-4-12(5-7-13)10-15-8-9-21-14-16-17-18-19(14)3/h4-7,11,15H,8-10H2,1-3H3. The molecule has 7 heteroatoms. The van der Waals surface area contributed by atoms with Crippen LogP contribution in [0.1, 0.15) is 19.4 Å². The van der Waals surface area contributed by atoms with E-state index < -0.39 is 0 Å². The molecule has 0 spiro atoms. The lowest BCUT2D eigenvalue weighted by atomic mass is 10.2. The molecule has 0 unspecified atom stereocenters. The van der Waals surface area contributed by atoms with Gasteiger partial charge < -0.3 is 10.1 Å². The van der Waals surface area contributed by atoms with Gasteiger partial charge in [-0.25, -0.2) is 4.68 Å². The van der Waals surface area contributed by atoms with Crippen LogP contribution in [0.2, 0.25) is 0 Å². The fraction of sp³-hybridized carbons (Fsp3) is 0.500. The summed E-state index contributed by atoms with van der Waals surface area (Å²) in [5.74, 6) is 1.85. The zero-order valence-corrected chi connectivity index (χ0v) is 13.4. The zero-order chi connectivity index (χ0) is 15.1. The molecule has 0 saturated carbocycles. The van der Waals surface area contributed by atoms with Crippen LogP contribution in [0.15, 0.2) is 29.4 Å². The molecule has 0 amide bonds. The number of rotatable bonds is 8. The maximum Gasteiger partial charge on any atom is 0.209 e. The molecular weight excluding hydrogens is 286 g/mol. The van der Waals surface area contributed by atoms with E-state index in [2.05, 4.69) is 33.0 Å². The van der Waals surface area contributed by atoms with Crippen LogP contribution in [-0.2, 0) is 13.6 Å². The van der Waals surface area contributed by atoms with Crippen molar-refractivity contribution in [3.05, 3.63) is 29.8 Å². The molecule has 0 aliphatic heterocycles. The van der Waals surface area contributed by atoms with E-state index in [1.54, 1.807) is 16.4 Å². The summed E-state index contributed by atoms with van der Waals surface area (Å²) in [7, 11) is 1.84. The third kappa shape index (κ3) is 5.35. The number of hydrogen-bond donors (Lipinski definition) is 1. The minimum Gasteiger partial charge on any atom is -0.491 e. The highest BCUT2D eigenvalue weighted by Crippen LogP contribution is 2.14. The number of nitrogens with zero attached hydrogens (tertiary/aromatic N) is 4. The predicted molar refractivity (Wildman–Crippen MR) is 83.4 cm³/mol. The molecule has 0 aliphatic carbocycles. The third-order valence-corrected chi connectivity index (χ3v) is 3.73. The Morgan fingerprint density at radius 1 is 1.29 bits per heavy atom. The monoisotopic (exact) mass is 307 g/mol. The van der Waals surface area contributed by atoms with Gasteiger partial charge in [-0.1, -0.05) is 23.9 Å². The van der Waals surface area contributed by atoms with Crippen LogP contribution in [-0.4, -0.2) is 38.6 Å². The summed E-state index contributed by atoms with van der Waals surface area (Å²) in [5.41, 5.74) is 1.25. The number of benzene rings is 1.